The zero-order chi connectivity index (χ0) is 88.5. The van der Waals surface area contributed by atoms with Crippen molar-refractivity contribution >= 4 is 142 Å². The van der Waals surface area contributed by atoms with Crippen LogP contribution in [0, 0.1) is 24.7 Å². The number of hydrogen-bond acceptors (Lipinski definition) is 25. The molecule has 0 saturated carbocycles. The van der Waals surface area contributed by atoms with Gasteiger partial charge in [-0.25, -0.2) is 46.2 Å². The van der Waals surface area contributed by atoms with Gasteiger partial charge >= 0.3 is 23.9 Å². The normalized spacial score (nSPS) is 14.5. The van der Waals surface area contributed by atoms with E-state index in [0.29, 0.717) is 52.5 Å². The predicted molar refractivity (Wildman–Crippen MR) is 443 cm³/mol. The first-order valence-electron chi connectivity index (χ1n) is 38.5. The first-order chi connectivity index (χ1) is 56.7. The highest BCUT2D eigenvalue weighted by Gasteiger charge is 2.42. The molecule has 1 saturated heterocycles. The minimum atomic E-state index is -4.10. The first-order valence-corrected chi connectivity index (χ1v) is 42.7. The third kappa shape index (κ3) is 28.6. The zero-order valence-corrected chi connectivity index (χ0v) is 69.2. The van der Waals surface area contributed by atoms with E-state index >= 15 is 0 Å². The van der Waals surface area contributed by atoms with Crippen LogP contribution in [0.15, 0.2) is 117 Å². The molecule has 4 aromatic rings. The van der Waals surface area contributed by atoms with Gasteiger partial charge in [-0.05, 0) is 156 Å². The molecule has 1 unspecified atom stereocenters. The summed E-state index contributed by atoms with van der Waals surface area (Å²) in [7, 11) is -2.87. The number of sulfonamides is 2. The van der Waals surface area contributed by atoms with Gasteiger partial charge in [-0.2, -0.15) is 0 Å². The lowest BCUT2D eigenvalue weighted by Crippen LogP contribution is -2.49. The summed E-state index contributed by atoms with van der Waals surface area (Å²) in [5.74, 6) is -18.8. The van der Waals surface area contributed by atoms with Crippen LogP contribution in [-0.2, 0) is 82.4 Å². The van der Waals surface area contributed by atoms with E-state index in [2.05, 4.69) is 26.6 Å². The fraction of sp³-hybridized carbons (Fsp3) is 0.438. The lowest BCUT2D eigenvalue weighted by molar-refractivity contribution is -0.143. The number of carbonyl (C=O) groups excluding carboxylic acids is 10. The number of anilines is 3. The molecule has 7 amide bonds. The van der Waals surface area contributed by atoms with Crippen molar-refractivity contribution in [3.8, 4) is 22.5 Å². The standard InChI is InChI=1S/C80H102N14O23S3/c1-46-14-25-58-66(33-46)117-67-38-52(91(2)3)19-27-59(67)74(58)57-26-20-53(37-60(57)79(109)110)94-71(100)41-68(78(94)108)118-45-63(80(111)112)90-77(107)49(13-7-10-30-83)36-65(97)62(40-73(103)104)89-76(106)48(12-6-9-29-82)35-64(96)61(39-72(101)102)88-75(105)47(11-5-8-28-81)34-54(95)42-93(44-70(99)87-51-17-23-56(24-18-51)120(85,115)116)32-31-92(4)43-69(98)86-50-15-21-55(22-16-50)119(84,113)114/h14-27,33,37-38,47-49,61-63,68H,5-13,28-32,34-36,39-45,81-83H2,1-4H3,(H12-,84,85,86,87,88,89,90,98,99,101,102,103,104,105,106,107,109,110,111,112,113,114,115,116)/p+1/t47-,48-,49-,61+,62+,63+,68?/m1/s1. The maximum Gasteiger partial charge on any atom is 0.336 e. The monoisotopic (exact) mass is 1720 g/mol. The fourth-order valence-electron chi connectivity index (χ4n) is 13.6. The van der Waals surface area contributed by atoms with Crippen LogP contribution in [-0.4, -0.2) is 232 Å². The summed E-state index contributed by atoms with van der Waals surface area (Å²) in [4.78, 5) is 196. The number of carboxylic acids is 4. The molecule has 120 heavy (non-hydrogen) atoms. The molecule has 2 aliphatic heterocycles. The largest absolute Gasteiger partial charge is 0.481 e. The van der Waals surface area contributed by atoms with Gasteiger partial charge in [0.15, 0.2) is 11.6 Å². The van der Waals surface area contributed by atoms with Crippen molar-refractivity contribution in [2.24, 2.45) is 45.2 Å². The van der Waals surface area contributed by atoms with Crippen LogP contribution in [0.25, 0.3) is 33.4 Å². The summed E-state index contributed by atoms with van der Waals surface area (Å²) in [6.07, 6.45) is -3.55. The Hall–Kier alpha value is -11.1. The summed E-state index contributed by atoms with van der Waals surface area (Å²) in [6.45, 7) is 0.940. The van der Waals surface area contributed by atoms with Gasteiger partial charge in [-0.1, -0.05) is 37.5 Å². The van der Waals surface area contributed by atoms with Crippen molar-refractivity contribution in [3.63, 3.8) is 0 Å². The second-order valence-corrected chi connectivity index (χ2v) is 34.0. The molecule has 40 heteroatoms. The topological polar surface area (TPSA) is 604 Å². The van der Waals surface area contributed by atoms with Gasteiger partial charge in [-0.15, -0.1) is 11.8 Å². The number of fused-ring (bicyclic) bond motifs is 2. The molecule has 4 aromatic carbocycles. The number of rotatable bonds is 50. The van der Waals surface area contributed by atoms with Crippen LogP contribution in [0.5, 0.6) is 0 Å². The summed E-state index contributed by atoms with van der Waals surface area (Å²) in [5, 5.41) is 64.6. The van der Waals surface area contributed by atoms with E-state index in [-0.39, 0.29) is 122 Å². The van der Waals surface area contributed by atoms with Crippen molar-refractivity contribution in [1.82, 2.24) is 30.3 Å². The molecule has 1 aliphatic carbocycles. The van der Waals surface area contributed by atoms with Gasteiger partial charge in [0.2, 0.25) is 66.8 Å². The van der Waals surface area contributed by atoms with Gasteiger partial charge in [0.05, 0.1) is 76.9 Å². The number of unbranched alkanes of at least 4 members (excludes halogenated alkanes) is 3. The van der Waals surface area contributed by atoms with E-state index in [1.54, 1.807) is 19.2 Å². The molecule has 0 aromatic heterocycles. The molecule has 37 nitrogen and oxygen atoms in total. The molecule has 2 heterocycles. The van der Waals surface area contributed by atoms with Gasteiger partial charge < -0.3 is 68.6 Å². The quantitative estimate of drug-likeness (QED) is 0.0112. The third-order valence-corrected chi connectivity index (χ3v) is 23.1. The molecule has 3 aliphatic rings. The number of aromatic carboxylic acids is 1. The number of nitrogens with two attached hydrogens (primary N) is 5. The van der Waals surface area contributed by atoms with Gasteiger partial charge in [0.25, 0.3) is 0 Å². The number of benzene rings is 5. The van der Waals surface area contributed by atoms with Crippen LogP contribution in [0.2, 0.25) is 0 Å². The molecule has 7 atom stereocenters. The second kappa shape index (κ2) is 44.8. The number of Topliss-reactive ketones (excluding diaryl/α,β-unsaturated/α-hetero) is 3. The van der Waals surface area contributed by atoms with E-state index in [9.17, 15) is 104 Å². The highest BCUT2D eigenvalue weighted by Crippen LogP contribution is 2.43. The number of nitrogens with one attached hydrogen (secondary N) is 5. The molecular formula is C80H103N14O23S3+. The van der Waals surface area contributed by atoms with Crippen LogP contribution in [0.4, 0.5) is 17.1 Å². The van der Waals surface area contributed by atoms with E-state index < -0.39 is 201 Å². The molecule has 1 fully saturated rings. The third-order valence-electron chi connectivity index (χ3n) is 19.9. The lowest BCUT2D eigenvalue weighted by Gasteiger charge is -2.26. The summed E-state index contributed by atoms with van der Waals surface area (Å²) < 4.78 is 55.5. The number of aryl methyl sites for hydroxylation is 1. The van der Waals surface area contributed by atoms with Crippen LogP contribution in [0.3, 0.4) is 0 Å². The summed E-state index contributed by atoms with van der Waals surface area (Å²) in [5.41, 5.74) is 20.1. The minimum absolute atomic E-state index is 0.0285. The Balaban J connectivity index is 1.03. The summed E-state index contributed by atoms with van der Waals surface area (Å²) >= 11 is 0.716. The van der Waals surface area contributed by atoms with Crippen LogP contribution in [0.1, 0.15) is 112 Å². The average molecular weight is 1720 g/mol. The Kier molecular flexibility index (Phi) is 35.9. The molecule has 648 valence electrons. The average Bonchev–Trinajstić information content (AvgIpc) is 0.981. The van der Waals surface area contributed by atoms with Crippen LogP contribution >= 0.6 is 11.8 Å². The number of thioether (sulfide) groups is 1. The Morgan fingerprint density at radius 3 is 1.52 bits per heavy atom. The molecule has 7 rings (SSSR count). The Morgan fingerprint density at radius 2 is 1.06 bits per heavy atom. The van der Waals surface area contributed by atoms with Crippen molar-refractivity contribution in [3.05, 3.63) is 120 Å². The van der Waals surface area contributed by atoms with E-state index in [1.807, 2.05) is 49.9 Å². The molecule has 0 bridgehead atoms. The Labute approximate surface area is 696 Å². The lowest BCUT2D eigenvalue weighted by atomic mass is 9.89. The van der Waals surface area contributed by atoms with Crippen LogP contribution < -0.4 is 68.9 Å². The minimum Gasteiger partial charge on any atom is -0.481 e. The molecule has 19 N–H and O–H groups in total. The van der Waals surface area contributed by atoms with Crippen molar-refractivity contribution in [2.75, 3.05) is 94.8 Å². The van der Waals surface area contributed by atoms with E-state index in [4.69, 9.17) is 31.9 Å². The van der Waals surface area contributed by atoms with Crippen molar-refractivity contribution in [1.29, 1.82) is 0 Å². The van der Waals surface area contributed by atoms with E-state index in [0.717, 1.165) is 28.0 Å². The first kappa shape index (κ1) is 96.1. The predicted octanol–water partition coefficient (Wildman–Crippen LogP) is 2.02. The molecule has 0 spiro atoms. The Bertz CT molecular complexity index is 5080. The van der Waals surface area contributed by atoms with Gasteiger partial charge in [-0.3, -0.25) is 67.3 Å². The number of carbonyl (C=O) groups is 14. The second-order valence-electron chi connectivity index (χ2n) is 29.6. The number of nitrogens with zero attached hydrogens (tertiary/aromatic N) is 4. The Morgan fingerprint density at radius 1 is 0.575 bits per heavy atom. The number of carboxylic acid groups (broad SMARTS) is 4. The number of ketones is 3. The number of primary sulfonamides is 2. The fourth-order valence-corrected chi connectivity index (χ4v) is 15.8. The molecule has 0 radical (unpaired) electrons. The van der Waals surface area contributed by atoms with Crippen molar-refractivity contribution < 1.29 is 109 Å². The van der Waals surface area contributed by atoms with Crippen molar-refractivity contribution in [2.45, 2.75) is 136 Å². The highest BCUT2D eigenvalue weighted by molar-refractivity contribution is 8.00. The SMILES string of the molecule is Cc1ccc2c(-c3ccc(N4C(=O)CC(SC[C@H](NC(=O)[C@H](CCCCN)CC(=O)[C@H](CC(=O)O)NC(=O)[C@H](CCCCN)CC(=O)[C@H](CC(=O)O)NC(=O)[C@H](CCCCN)CC(=O)CN(CCN(C)CC(=O)Nc5ccc(S(N)(=O)=O)cc5)CC(=O)Nc5ccc(S(N)(=O)=O)cc5)C(=O)O)C4=O)cc3C(=O)O)c3ccc(=[N+](C)C)cc-3oc2c1. The number of amides is 7. The van der Waals surface area contributed by atoms with Gasteiger partial charge in [0.1, 0.15) is 37.3 Å². The highest BCUT2D eigenvalue weighted by atomic mass is 32.2. The maximum atomic E-state index is 14.5. The number of aliphatic carboxylic acids is 3. The maximum absolute atomic E-state index is 14.5. The smallest absolute Gasteiger partial charge is 0.336 e. The van der Waals surface area contributed by atoms with Gasteiger partial charge in [0, 0.05) is 96.2 Å². The zero-order valence-electron chi connectivity index (χ0n) is 66.8. The number of imide groups is 1. The molecular weight excluding hydrogens is 1620 g/mol. The van der Waals surface area contributed by atoms with E-state index in [1.165, 1.54) is 64.4 Å². The number of hydrogen-bond donors (Lipinski definition) is 14. The summed E-state index contributed by atoms with van der Waals surface area (Å²) in [6, 6.07) is 19.4. The number of likely N-dealkylation sites (N-methyl/N-ethyl adjacent to an activating group) is 1.